The van der Waals surface area contributed by atoms with Crippen molar-refractivity contribution in [1.29, 1.82) is 0 Å². The Balaban J connectivity index is 1.60. The fourth-order valence-electron chi connectivity index (χ4n) is 3.63. The minimum Gasteiger partial charge on any atom is -0.481 e. The molecule has 2 atom stereocenters. The quantitative estimate of drug-likeness (QED) is 0.682. The van der Waals surface area contributed by atoms with Crippen LogP contribution in [-0.2, 0) is 11.3 Å². The van der Waals surface area contributed by atoms with Gasteiger partial charge in [-0.05, 0) is 43.7 Å². The first-order valence-electron chi connectivity index (χ1n) is 9.78. The molecular formula is C22H23Cl2FN2O4. The summed E-state index contributed by atoms with van der Waals surface area (Å²) in [6.45, 7) is 5.59. The van der Waals surface area contributed by atoms with Gasteiger partial charge in [-0.15, -0.1) is 0 Å². The highest BCUT2D eigenvalue weighted by molar-refractivity contribution is 6.37. The molecule has 1 heterocycles. The number of piperazine rings is 1. The highest BCUT2D eigenvalue weighted by Gasteiger charge is 2.32. The van der Waals surface area contributed by atoms with Crippen molar-refractivity contribution < 1.29 is 23.8 Å². The van der Waals surface area contributed by atoms with Crippen LogP contribution < -0.4 is 4.74 Å². The normalized spacial score (nSPS) is 19.3. The van der Waals surface area contributed by atoms with Crippen LogP contribution >= 0.6 is 23.2 Å². The minimum absolute atomic E-state index is 0.0308. The van der Waals surface area contributed by atoms with E-state index in [9.17, 15) is 14.0 Å². The van der Waals surface area contributed by atoms with Crippen LogP contribution in [0.3, 0.4) is 0 Å². The van der Waals surface area contributed by atoms with Gasteiger partial charge in [-0.25, -0.2) is 9.18 Å². The summed E-state index contributed by atoms with van der Waals surface area (Å²) in [6.07, 6.45) is 0. The van der Waals surface area contributed by atoms with Crippen molar-refractivity contribution in [3.63, 3.8) is 0 Å². The maximum atomic E-state index is 13.1. The summed E-state index contributed by atoms with van der Waals surface area (Å²) in [6, 6.07) is 8.94. The molecular weight excluding hydrogens is 446 g/mol. The molecule has 1 N–H and O–H groups in total. The van der Waals surface area contributed by atoms with Gasteiger partial charge in [0.2, 0.25) is 0 Å². The Bertz CT molecular complexity index is 947. The number of carboxylic acids is 1. The predicted molar refractivity (Wildman–Crippen MR) is 116 cm³/mol. The van der Waals surface area contributed by atoms with Crippen LogP contribution in [0.4, 0.5) is 4.39 Å². The van der Waals surface area contributed by atoms with E-state index in [0.717, 1.165) is 5.56 Å². The molecule has 1 fully saturated rings. The zero-order valence-electron chi connectivity index (χ0n) is 17.1. The molecule has 0 unspecified atom stereocenters. The van der Waals surface area contributed by atoms with E-state index in [1.807, 2.05) is 13.8 Å². The lowest BCUT2D eigenvalue weighted by Crippen LogP contribution is -2.58. The second-order valence-electron chi connectivity index (χ2n) is 7.66. The largest absolute Gasteiger partial charge is 0.481 e. The van der Waals surface area contributed by atoms with Crippen molar-refractivity contribution >= 4 is 35.1 Å². The van der Waals surface area contributed by atoms with Crippen molar-refractivity contribution in [2.24, 2.45) is 0 Å². The number of amides is 1. The summed E-state index contributed by atoms with van der Waals surface area (Å²) in [5.74, 6) is -1.56. The third-order valence-corrected chi connectivity index (χ3v) is 5.88. The van der Waals surface area contributed by atoms with Crippen LogP contribution in [0.2, 0.25) is 10.0 Å². The number of aromatic carboxylic acids is 1. The van der Waals surface area contributed by atoms with E-state index in [1.54, 1.807) is 17.0 Å². The summed E-state index contributed by atoms with van der Waals surface area (Å²) in [4.78, 5) is 27.9. The lowest BCUT2D eigenvalue weighted by atomic mass is 10.1. The van der Waals surface area contributed by atoms with Gasteiger partial charge in [0.05, 0.1) is 15.6 Å². The Morgan fingerprint density at radius 1 is 1.10 bits per heavy atom. The number of hydrogen-bond donors (Lipinski definition) is 1. The van der Waals surface area contributed by atoms with Gasteiger partial charge in [0.1, 0.15) is 5.82 Å². The van der Waals surface area contributed by atoms with E-state index in [2.05, 4.69) is 4.90 Å². The molecule has 1 saturated heterocycles. The van der Waals surface area contributed by atoms with Gasteiger partial charge in [-0.1, -0.05) is 35.3 Å². The van der Waals surface area contributed by atoms with Gasteiger partial charge < -0.3 is 14.7 Å². The summed E-state index contributed by atoms with van der Waals surface area (Å²) >= 11 is 12.2. The van der Waals surface area contributed by atoms with Crippen molar-refractivity contribution in [3.8, 4) is 5.75 Å². The zero-order chi connectivity index (χ0) is 22.7. The van der Waals surface area contributed by atoms with Crippen LogP contribution in [0, 0.1) is 5.82 Å². The summed E-state index contributed by atoms with van der Waals surface area (Å²) in [5, 5.41) is 9.12. The second kappa shape index (κ2) is 9.85. The first kappa shape index (κ1) is 23.3. The molecule has 0 aliphatic carbocycles. The van der Waals surface area contributed by atoms with E-state index in [-0.39, 0.29) is 51.8 Å². The van der Waals surface area contributed by atoms with Crippen molar-refractivity contribution in [3.05, 3.63) is 63.4 Å². The number of ether oxygens (including phenoxy) is 1. The van der Waals surface area contributed by atoms with E-state index < -0.39 is 5.97 Å². The van der Waals surface area contributed by atoms with Gasteiger partial charge in [0.15, 0.2) is 12.4 Å². The lowest BCUT2D eigenvalue weighted by molar-refractivity contribution is -0.139. The lowest BCUT2D eigenvalue weighted by Gasteiger charge is -2.44. The van der Waals surface area contributed by atoms with Gasteiger partial charge in [0.25, 0.3) is 5.91 Å². The SMILES string of the molecule is C[C@@H]1CN(C(=O)COc2c(Cl)cc(C(=O)O)cc2Cl)[C@@H](C)CN1Cc1ccc(F)cc1. The van der Waals surface area contributed by atoms with Crippen molar-refractivity contribution in [2.45, 2.75) is 32.5 Å². The Kier molecular flexibility index (Phi) is 7.41. The number of rotatable bonds is 6. The van der Waals surface area contributed by atoms with Crippen LogP contribution in [0.25, 0.3) is 0 Å². The number of nitrogens with zero attached hydrogens (tertiary/aromatic N) is 2. The molecule has 1 aliphatic heterocycles. The van der Waals surface area contributed by atoms with Crippen molar-refractivity contribution in [1.82, 2.24) is 9.80 Å². The Morgan fingerprint density at radius 3 is 2.29 bits per heavy atom. The molecule has 6 nitrogen and oxygen atoms in total. The monoisotopic (exact) mass is 468 g/mol. The average Bonchev–Trinajstić information content (AvgIpc) is 2.71. The van der Waals surface area contributed by atoms with Crippen molar-refractivity contribution in [2.75, 3.05) is 19.7 Å². The topological polar surface area (TPSA) is 70.1 Å². The van der Waals surface area contributed by atoms with Crippen LogP contribution in [0.15, 0.2) is 36.4 Å². The van der Waals surface area contributed by atoms with Crippen LogP contribution in [-0.4, -0.2) is 58.6 Å². The van der Waals surface area contributed by atoms with E-state index >= 15 is 0 Å². The number of hydrogen-bond acceptors (Lipinski definition) is 4. The van der Waals surface area contributed by atoms with Gasteiger partial charge in [-0.2, -0.15) is 0 Å². The Morgan fingerprint density at radius 2 is 1.71 bits per heavy atom. The molecule has 0 spiro atoms. The zero-order valence-corrected chi connectivity index (χ0v) is 18.7. The molecule has 3 rings (SSSR count). The van der Waals surface area contributed by atoms with E-state index in [0.29, 0.717) is 19.6 Å². The fraction of sp³-hybridized carbons (Fsp3) is 0.364. The predicted octanol–water partition coefficient (Wildman–Crippen LogP) is 4.33. The highest BCUT2D eigenvalue weighted by atomic mass is 35.5. The maximum absolute atomic E-state index is 13.1. The number of carbonyl (C=O) groups is 2. The maximum Gasteiger partial charge on any atom is 0.335 e. The Labute approximate surface area is 190 Å². The average molecular weight is 469 g/mol. The molecule has 0 radical (unpaired) electrons. The number of carboxylic acid groups (broad SMARTS) is 1. The standard InChI is InChI=1S/C22H23Cl2FN2O4/c1-13-10-27(14(2)9-26(13)11-15-3-5-17(25)6-4-15)20(28)12-31-21-18(23)7-16(22(29)30)8-19(21)24/h3-8,13-14H,9-12H2,1-2H3,(H,29,30)/t13-,14+/m1/s1. The summed E-state index contributed by atoms with van der Waals surface area (Å²) in [5.41, 5.74) is 0.950. The first-order chi connectivity index (χ1) is 14.7. The third kappa shape index (κ3) is 5.67. The number of carbonyl (C=O) groups excluding carboxylic acids is 1. The molecule has 2 aromatic carbocycles. The number of benzene rings is 2. The third-order valence-electron chi connectivity index (χ3n) is 5.32. The molecule has 0 aromatic heterocycles. The molecule has 2 aromatic rings. The summed E-state index contributed by atoms with van der Waals surface area (Å²) in [7, 11) is 0. The fourth-order valence-corrected chi connectivity index (χ4v) is 4.22. The summed E-state index contributed by atoms with van der Waals surface area (Å²) < 4.78 is 18.7. The highest BCUT2D eigenvalue weighted by Crippen LogP contribution is 2.34. The molecule has 166 valence electrons. The molecule has 31 heavy (non-hydrogen) atoms. The minimum atomic E-state index is -1.16. The van der Waals surface area contributed by atoms with Crippen LogP contribution in [0.5, 0.6) is 5.75 Å². The molecule has 0 saturated carbocycles. The van der Waals surface area contributed by atoms with Gasteiger partial charge >= 0.3 is 5.97 Å². The van der Waals surface area contributed by atoms with Gasteiger partial charge in [0, 0.05) is 31.7 Å². The van der Waals surface area contributed by atoms with E-state index in [4.69, 9.17) is 33.0 Å². The number of halogens is 3. The van der Waals surface area contributed by atoms with Crippen LogP contribution in [0.1, 0.15) is 29.8 Å². The first-order valence-corrected chi connectivity index (χ1v) is 10.5. The second-order valence-corrected chi connectivity index (χ2v) is 8.48. The molecule has 1 amide bonds. The smallest absolute Gasteiger partial charge is 0.335 e. The van der Waals surface area contributed by atoms with Gasteiger partial charge in [-0.3, -0.25) is 9.69 Å². The molecule has 9 heteroatoms. The molecule has 0 bridgehead atoms. The molecule has 1 aliphatic rings. The van der Waals surface area contributed by atoms with E-state index in [1.165, 1.54) is 24.3 Å². The Hall–Kier alpha value is -2.35.